The Morgan fingerprint density at radius 1 is 1.32 bits per heavy atom. The number of methoxy groups -OCH3 is 1. The van der Waals surface area contributed by atoms with Crippen molar-refractivity contribution < 1.29 is 9.53 Å². The monoisotopic (exact) mass is 277 g/mol. The van der Waals surface area contributed by atoms with Gasteiger partial charge in [0.05, 0.1) is 18.5 Å². The average molecular weight is 277 g/mol. The Balaban J connectivity index is 2.08. The maximum Gasteiger partial charge on any atom is 0.325 e. The lowest BCUT2D eigenvalue weighted by Crippen LogP contribution is -2.19. The van der Waals surface area contributed by atoms with Gasteiger partial charge in [0, 0.05) is 5.38 Å². The third-order valence-corrected chi connectivity index (χ3v) is 3.32. The zero-order chi connectivity index (χ0) is 13.8. The molecule has 0 fully saturated rings. The van der Waals surface area contributed by atoms with Gasteiger partial charge in [-0.25, -0.2) is 9.78 Å². The number of nitrogens with one attached hydrogen (secondary N) is 2. The van der Waals surface area contributed by atoms with Gasteiger partial charge >= 0.3 is 6.03 Å². The van der Waals surface area contributed by atoms with Gasteiger partial charge in [-0.15, -0.1) is 11.3 Å². The van der Waals surface area contributed by atoms with Crippen LogP contribution >= 0.6 is 11.3 Å². The SMILES string of the molecule is COc1ccc(C)cc1NC(=O)Nc1nc(C)cs1. The number of rotatable bonds is 3. The van der Waals surface area contributed by atoms with Gasteiger partial charge in [0.15, 0.2) is 5.13 Å². The summed E-state index contributed by atoms with van der Waals surface area (Å²) in [6.07, 6.45) is 0. The smallest absolute Gasteiger partial charge is 0.325 e. The fourth-order valence-electron chi connectivity index (χ4n) is 1.58. The molecule has 2 N–H and O–H groups in total. The molecule has 0 saturated carbocycles. The van der Waals surface area contributed by atoms with Crippen molar-refractivity contribution in [3.8, 4) is 5.75 Å². The third-order valence-electron chi connectivity index (χ3n) is 2.44. The Morgan fingerprint density at radius 3 is 2.74 bits per heavy atom. The van der Waals surface area contributed by atoms with Crippen molar-refractivity contribution in [1.29, 1.82) is 0 Å². The molecule has 0 aliphatic rings. The maximum absolute atomic E-state index is 11.9. The van der Waals surface area contributed by atoms with E-state index >= 15 is 0 Å². The van der Waals surface area contributed by atoms with Crippen LogP contribution in [0, 0.1) is 13.8 Å². The van der Waals surface area contributed by atoms with E-state index in [9.17, 15) is 4.79 Å². The number of carbonyl (C=O) groups excluding carboxylic acids is 1. The summed E-state index contributed by atoms with van der Waals surface area (Å²) in [7, 11) is 1.57. The normalized spacial score (nSPS) is 10.1. The van der Waals surface area contributed by atoms with Crippen molar-refractivity contribution in [2.45, 2.75) is 13.8 Å². The molecule has 100 valence electrons. The van der Waals surface area contributed by atoms with Crippen LogP contribution in [0.4, 0.5) is 15.6 Å². The highest BCUT2D eigenvalue weighted by Crippen LogP contribution is 2.25. The zero-order valence-electron chi connectivity index (χ0n) is 11.0. The van der Waals surface area contributed by atoms with Crippen LogP contribution in [0.5, 0.6) is 5.75 Å². The Hall–Kier alpha value is -2.08. The van der Waals surface area contributed by atoms with Gasteiger partial charge in [-0.3, -0.25) is 5.32 Å². The number of aromatic nitrogens is 1. The predicted molar refractivity (Wildman–Crippen MR) is 77.2 cm³/mol. The van der Waals surface area contributed by atoms with E-state index in [2.05, 4.69) is 15.6 Å². The fraction of sp³-hybridized carbons (Fsp3) is 0.231. The second-order valence-electron chi connectivity index (χ2n) is 4.08. The summed E-state index contributed by atoms with van der Waals surface area (Å²) >= 11 is 1.39. The first kappa shape index (κ1) is 13.4. The first-order valence-corrected chi connectivity index (χ1v) is 6.61. The van der Waals surface area contributed by atoms with Gasteiger partial charge in [0.25, 0.3) is 0 Å². The van der Waals surface area contributed by atoms with Gasteiger partial charge in [0.2, 0.25) is 0 Å². The summed E-state index contributed by atoms with van der Waals surface area (Å²) in [5, 5.41) is 7.88. The van der Waals surface area contributed by atoms with Crippen molar-refractivity contribution in [3.05, 3.63) is 34.8 Å². The molecule has 0 aliphatic heterocycles. The lowest BCUT2D eigenvalue weighted by molar-refractivity contribution is 0.262. The van der Waals surface area contributed by atoms with E-state index in [1.165, 1.54) is 11.3 Å². The first-order valence-electron chi connectivity index (χ1n) is 5.73. The number of hydrogen-bond acceptors (Lipinski definition) is 4. The van der Waals surface area contributed by atoms with Crippen molar-refractivity contribution in [2.24, 2.45) is 0 Å². The molecular formula is C13H15N3O2S. The molecule has 19 heavy (non-hydrogen) atoms. The Labute approximate surface area is 115 Å². The minimum atomic E-state index is -0.335. The third kappa shape index (κ3) is 3.45. The molecule has 2 aromatic rings. The highest BCUT2D eigenvalue weighted by molar-refractivity contribution is 7.13. The van der Waals surface area contributed by atoms with Crippen LogP contribution in [-0.2, 0) is 0 Å². The van der Waals surface area contributed by atoms with Crippen LogP contribution in [0.15, 0.2) is 23.6 Å². The zero-order valence-corrected chi connectivity index (χ0v) is 11.8. The average Bonchev–Trinajstić information content (AvgIpc) is 2.75. The minimum absolute atomic E-state index is 0.335. The number of amides is 2. The molecule has 0 aliphatic carbocycles. The van der Waals surface area contributed by atoms with Crippen molar-refractivity contribution >= 4 is 28.2 Å². The van der Waals surface area contributed by atoms with Crippen LogP contribution in [0.2, 0.25) is 0 Å². The quantitative estimate of drug-likeness (QED) is 0.903. The minimum Gasteiger partial charge on any atom is -0.495 e. The van der Waals surface area contributed by atoms with Gasteiger partial charge in [-0.1, -0.05) is 6.07 Å². The molecule has 1 heterocycles. The number of urea groups is 1. The molecule has 5 nitrogen and oxygen atoms in total. The molecule has 1 aromatic heterocycles. The number of aryl methyl sites for hydroxylation is 2. The molecule has 0 unspecified atom stereocenters. The summed E-state index contributed by atoms with van der Waals surface area (Å²) in [6, 6.07) is 5.26. The van der Waals surface area contributed by atoms with E-state index in [0.717, 1.165) is 11.3 Å². The van der Waals surface area contributed by atoms with Crippen LogP contribution in [0.3, 0.4) is 0 Å². The molecular weight excluding hydrogens is 262 g/mol. The number of ether oxygens (including phenoxy) is 1. The summed E-state index contributed by atoms with van der Waals surface area (Å²) in [4.78, 5) is 16.0. The summed E-state index contributed by atoms with van der Waals surface area (Å²) < 4.78 is 5.20. The summed E-state index contributed by atoms with van der Waals surface area (Å²) in [6.45, 7) is 3.83. The molecule has 0 radical (unpaired) electrons. The fourth-order valence-corrected chi connectivity index (χ4v) is 2.26. The molecule has 0 bridgehead atoms. The van der Waals surface area contributed by atoms with Crippen LogP contribution in [-0.4, -0.2) is 18.1 Å². The molecule has 0 saturated heterocycles. The van der Waals surface area contributed by atoms with E-state index in [-0.39, 0.29) is 6.03 Å². The summed E-state index contributed by atoms with van der Waals surface area (Å²) in [5.74, 6) is 0.621. The number of thiazole rings is 1. The van der Waals surface area contributed by atoms with E-state index in [1.807, 2.05) is 37.4 Å². The number of hydrogen-bond donors (Lipinski definition) is 2. The van der Waals surface area contributed by atoms with E-state index in [0.29, 0.717) is 16.6 Å². The Kier molecular flexibility index (Phi) is 4.01. The molecule has 0 spiro atoms. The van der Waals surface area contributed by atoms with Gasteiger partial charge in [-0.2, -0.15) is 0 Å². The van der Waals surface area contributed by atoms with Gasteiger partial charge < -0.3 is 10.1 Å². The van der Waals surface area contributed by atoms with E-state index < -0.39 is 0 Å². The summed E-state index contributed by atoms with van der Waals surface area (Å²) in [5.41, 5.74) is 2.56. The second-order valence-corrected chi connectivity index (χ2v) is 4.94. The predicted octanol–water partition coefficient (Wildman–Crippen LogP) is 3.41. The largest absolute Gasteiger partial charge is 0.495 e. The molecule has 1 aromatic carbocycles. The molecule has 6 heteroatoms. The van der Waals surface area contributed by atoms with E-state index in [1.54, 1.807) is 7.11 Å². The number of benzene rings is 1. The number of nitrogens with zero attached hydrogens (tertiary/aromatic N) is 1. The number of anilines is 2. The van der Waals surface area contributed by atoms with Crippen molar-refractivity contribution in [2.75, 3.05) is 17.7 Å². The highest BCUT2D eigenvalue weighted by Gasteiger charge is 2.09. The second kappa shape index (κ2) is 5.71. The number of carbonyl (C=O) groups is 1. The Bertz CT molecular complexity index is 595. The van der Waals surface area contributed by atoms with Gasteiger partial charge in [-0.05, 0) is 31.5 Å². The van der Waals surface area contributed by atoms with Crippen LogP contribution in [0.25, 0.3) is 0 Å². The molecule has 2 amide bonds. The van der Waals surface area contributed by atoms with Gasteiger partial charge in [0.1, 0.15) is 5.75 Å². The van der Waals surface area contributed by atoms with Crippen molar-refractivity contribution in [3.63, 3.8) is 0 Å². The molecule has 2 rings (SSSR count). The molecule has 0 atom stereocenters. The van der Waals surface area contributed by atoms with Crippen LogP contribution in [0.1, 0.15) is 11.3 Å². The van der Waals surface area contributed by atoms with Crippen molar-refractivity contribution in [1.82, 2.24) is 4.98 Å². The highest BCUT2D eigenvalue weighted by atomic mass is 32.1. The first-order chi connectivity index (χ1) is 9.08. The maximum atomic E-state index is 11.9. The van der Waals surface area contributed by atoms with E-state index in [4.69, 9.17) is 4.74 Å². The Morgan fingerprint density at radius 2 is 2.11 bits per heavy atom. The standard InChI is InChI=1S/C13H15N3O2S/c1-8-4-5-11(18-3)10(6-8)15-12(17)16-13-14-9(2)7-19-13/h4-7H,1-3H3,(H2,14,15,16,17). The van der Waals surface area contributed by atoms with Crippen LogP contribution < -0.4 is 15.4 Å². The lowest BCUT2D eigenvalue weighted by atomic mass is 10.2. The topological polar surface area (TPSA) is 63.2 Å². The lowest BCUT2D eigenvalue weighted by Gasteiger charge is -2.10.